The highest BCUT2D eigenvalue weighted by atomic mass is 16.5. The Balaban J connectivity index is 2.01. The van der Waals surface area contributed by atoms with Crippen molar-refractivity contribution in [3.63, 3.8) is 0 Å². The molecule has 184 valence electrons. The van der Waals surface area contributed by atoms with Crippen molar-refractivity contribution in [3.8, 4) is 22.8 Å². The molecule has 3 rings (SSSR count). The molecular weight excluding hydrogens is 438 g/mol. The maximum atomic E-state index is 13.6. The Bertz CT molecular complexity index is 1010. The maximum absolute atomic E-state index is 13.6. The Kier molecular flexibility index (Phi) is 8.46. The fourth-order valence-corrected chi connectivity index (χ4v) is 3.89. The lowest BCUT2D eigenvalue weighted by Crippen LogP contribution is -2.50. The summed E-state index contributed by atoms with van der Waals surface area (Å²) in [4.78, 5) is 33.5. The molecule has 2 aromatic rings. The summed E-state index contributed by atoms with van der Waals surface area (Å²) in [6, 6.07) is 8.85. The normalized spacial score (nSPS) is 18.9. The summed E-state index contributed by atoms with van der Waals surface area (Å²) < 4.78 is 16.5. The average Bonchev–Trinajstić information content (AvgIpc) is 2.85. The topological polar surface area (TPSA) is 101 Å². The van der Waals surface area contributed by atoms with Crippen LogP contribution in [0.5, 0.6) is 11.6 Å². The first-order chi connectivity index (χ1) is 16.3. The Morgan fingerprint density at radius 3 is 2.76 bits per heavy atom. The molecule has 0 bridgehead atoms. The number of fused-ring (bicyclic) bond motifs is 1. The summed E-state index contributed by atoms with van der Waals surface area (Å²) in [6.07, 6.45) is 1.24. The maximum Gasteiger partial charge on any atom is 0.259 e. The molecule has 0 unspecified atom stereocenters. The molecule has 34 heavy (non-hydrogen) atoms. The highest BCUT2D eigenvalue weighted by molar-refractivity contribution is 5.98. The van der Waals surface area contributed by atoms with Gasteiger partial charge in [-0.25, -0.2) is 4.98 Å². The molecule has 1 aromatic heterocycles. The molecule has 0 fully saturated rings. The second kappa shape index (κ2) is 11.3. The number of methoxy groups -OCH3 is 2. The van der Waals surface area contributed by atoms with E-state index in [4.69, 9.17) is 14.2 Å². The Morgan fingerprint density at radius 2 is 2.09 bits per heavy atom. The number of amides is 2. The van der Waals surface area contributed by atoms with Gasteiger partial charge in [-0.3, -0.25) is 9.59 Å². The van der Waals surface area contributed by atoms with Crippen molar-refractivity contribution in [2.45, 2.75) is 26.0 Å². The Hall–Kier alpha value is -3.17. The van der Waals surface area contributed by atoms with Crippen molar-refractivity contribution in [2.75, 3.05) is 47.6 Å². The number of carbonyl (C=O) groups excluding carboxylic acids is 2. The van der Waals surface area contributed by atoms with Crippen LogP contribution in [0.1, 0.15) is 24.2 Å². The third-order valence-corrected chi connectivity index (χ3v) is 6.07. The largest absolute Gasteiger partial charge is 0.497 e. The number of aliphatic hydroxyl groups excluding tert-OH is 1. The van der Waals surface area contributed by atoms with Gasteiger partial charge < -0.3 is 29.1 Å². The van der Waals surface area contributed by atoms with E-state index >= 15 is 0 Å². The molecule has 0 saturated carbocycles. The van der Waals surface area contributed by atoms with Crippen molar-refractivity contribution < 1.29 is 28.9 Å². The van der Waals surface area contributed by atoms with E-state index in [-0.39, 0.29) is 36.8 Å². The standard InChI is InChI=1S/C25H33N3O6/c1-16-12-28(17(2)14-29)25(31)21-10-19(18-7-6-8-20(9-18)33-5)11-26-24(21)34-22(16)13-27(3)23(30)15-32-4/h6-11,16-17,22,29H,12-15H2,1-5H3/t16-,17+,22-/m1/s1. The van der Waals surface area contributed by atoms with Crippen LogP contribution >= 0.6 is 0 Å². The third kappa shape index (κ3) is 5.66. The zero-order valence-corrected chi connectivity index (χ0v) is 20.4. The number of benzene rings is 1. The van der Waals surface area contributed by atoms with Gasteiger partial charge >= 0.3 is 0 Å². The minimum atomic E-state index is -0.416. The average molecular weight is 472 g/mol. The van der Waals surface area contributed by atoms with E-state index in [1.54, 1.807) is 43.1 Å². The number of nitrogens with zero attached hydrogens (tertiary/aromatic N) is 3. The first-order valence-corrected chi connectivity index (χ1v) is 11.2. The SMILES string of the molecule is COCC(=O)N(C)C[C@H]1Oc2ncc(-c3cccc(OC)c3)cc2C(=O)N([C@@H](C)CO)C[C@H]1C. The number of aliphatic hydroxyl groups is 1. The number of ether oxygens (including phenoxy) is 3. The zero-order valence-electron chi connectivity index (χ0n) is 20.4. The van der Waals surface area contributed by atoms with Crippen LogP contribution in [0.4, 0.5) is 0 Å². The Morgan fingerprint density at radius 1 is 1.32 bits per heavy atom. The zero-order chi connectivity index (χ0) is 24.8. The molecule has 0 saturated heterocycles. The number of aromatic nitrogens is 1. The number of rotatable bonds is 8. The van der Waals surface area contributed by atoms with Crippen LogP contribution in [0.15, 0.2) is 36.5 Å². The fourth-order valence-electron chi connectivity index (χ4n) is 3.89. The predicted molar refractivity (Wildman–Crippen MR) is 127 cm³/mol. The molecule has 1 N–H and O–H groups in total. The first kappa shape index (κ1) is 25.5. The highest BCUT2D eigenvalue weighted by Gasteiger charge is 2.34. The van der Waals surface area contributed by atoms with Gasteiger partial charge in [0, 0.05) is 38.4 Å². The summed E-state index contributed by atoms with van der Waals surface area (Å²) in [5.41, 5.74) is 1.90. The molecule has 0 radical (unpaired) electrons. The van der Waals surface area contributed by atoms with Gasteiger partial charge in [0.2, 0.25) is 11.8 Å². The summed E-state index contributed by atoms with van der Waals surface area (Å²) in [5, 5.41) is 9.81. The van der Waals surface area contributed by atoms with Gasteiger partial charge in [0.1, 0.15) is 24.0 Å². The summed E-state index contributed by atoms with van der Waals surface area (Å²) in [5.74, 6) is 0.348. The summed E-state index contributed by atoms with van der Waals surface area (Å²) in [6.45, 7) is 4.23. The van der Waals surface area contributed by atoms with Crippen molar-refractivity contribution >= 4 is 11.8 Å². The molecule has 0 spiro atoms. The van der Waals surface area contributed by atoms with Crippen LogP contribution in [-0.2, 0) is 9.53 Å². The van der Waals surface area contributed by atoms with E-state index in [2.05, 4.69) is 4.98 Å². The molecule has 9 heteroatoms. The lowest BCUT2D eigenvalue weighted by atomic mass is 9.99. The first-order valence-electron chi connectivity index (χ1n) is 11.2. The van der Waals surface area contributed by atoms with Crippen LogP contribution in [0, 0.1) is 5.92 Å². The quantitative estimate of drug-likeness (QED) is 0.629. The number of likely N-dealkylation sites (N-methyl/N-ethyl adjacent to an activating group) is 1. The van der Waals surface area contributed by atoms with Gasteiger partial charge in [-0.15, -0.1) is 0 Å². The van der Waals surface area contributed by atoms with Crippen molar-refractivity contribution in [1.29, 1.82) is 0 Å². The smallest absolute Gasteiger partial charge is 0.259 e. The van der Waals surface area contributed by atoms with Crippen LogP contribution in [0.2, 0.25) is 0 Å². The van der Waals surface area contributed by atoms with E-state index in [0.29, 0.717) is 24.4 Å². The lowest BCUT2D eigenvalue weighted by molar-refractivity contribution is -0.135. The molecular formula is C25H33N3O6. The minimum absolute atomic E-state index is 0.0253. The van der Waals surface area contributed by atoms with Gasteiger partial charge in [0.15, 0.2) is 0 Å². The second-order valence-corrected chi connectivity index (χ2v) is 8.64. The second-order valence-electron chi connectivity index (χ2n) is 8.64. The molecule has 3 atom stereocenters. The molecule has 1 aromatic carbocycles. The molecule has 9 nitrogen and oxygen atoms in total. The molecule has 2 amide bonds. The van der Waals surface area contributed by atoms with Crippen molar-refractivity contribution in [2.24, 2.45) is 5.92 Å². The minimum Gasteiger partial charge on any atom is -0.497 e. The van der Waals surface area contributed by atoms with Crippen molar-refractivity contribution in [1.82, 2.24) is 14.8 Å². The van der Waals surface area contributed by atoms with E-state index < -0.39 is 12.1 Å². The monoisotopic (exact) mass is 471 g/mol. The lowest BCUT2D eigenvalue weighted by Gasteiger charge is -2.37. The molecule has 0 aliphatic carbocycles. The number of pyridine rings is 1. The number of carbonyl (C=O) groups is 2. The van der Waals surface area contributed by atoms with Gasteiger partial charge in [-0.05, 0) is 30.7 Å². The van der Waals surface area contributed by atoms with Crippen LogP contribution < -0.4 is 9.47 Å². The molecule has 1 aliphatic rings. The molecule has 2 heterocycles. The highest BCUT2D eigenvalue weighted by Crippen LogP contribution is 2.31. The van der Waals surface area contributed by atoms with Crippen molar-refractivity contribution in [3.05, 3.63) is 42.1 Å². The van der Waals surface area contributed by atoms with E-state index in [1.807, 2.05) is 31.2 Å². The van der Waals surface area contributed by atoms with Gasteiger partial charge in [0.05, 0.1) is 26.3 Å². The summed E-state index contributed by atoms with van der Waals surface area (Å²) >= 11 is 0. The van der Waals surface area contributed by atoms with E-state index in [1.165, 1.54) is 7.11 Å². The predicted octanol–water partition coefficient (Wildman–Crippen LogP) is 2.08. The van der Waals surface area contributed by atoms with Gasteiger partial charge in [-0.2, -0.15) is 0 Å². The Labute approximate surface area is 200 Å². The summed E-state index contributed by atoms with van der Waals surface area (Å²) in [7, 11) is 4.76. The van der Waals surface area contributed by atoms with Crippen LogP contribution in [0.25, 0.3) is 11.1 Å². The van der Waals surface area contributed by atoms with Gasteiger partial charge in [0.25, 0.3) is 5.91 Å². The molecule has 1 aliphatic heterocycles. The van der Waals surface area contributed by atoms with Gasteiger partial charge in [-0.1, -0.05) is 19.1 Å². The third-order valence-electron chi connectivity index (χ3n) is 6.07. The van der Waals surface area contributed by atoms with E-state index in [9.17, 15) is 14.7 Å². The van der Waals surface area contributed by atoms with Crippen LogP contribution in [0.3, 0.4) is 0 Å². The number of hydrogen-bond acceptors (Lipinski definition) is 7. The van der Waals surface area contributed by atoms with E-state index in [0.717, 1.165) is 11.1 Å². The fraction of sp³-hybridized carbons (Fsp3) is 0.480. The number of hydrogen-bond donors (Lipinski definition) is 1. The van der Waals surface area contributed by atoms with Crippen LogP contribution in [-0.4, -0.2) is 91.4 Å².